The van der Waals surface area contributed by atoms with E-state index in [1.54, 1.807) is 0 Å². The molecule has 0 amide bonds. The highest BCUT2D eigenvalue weighted by Gasteiger charge is 1.81. The van der Waals surface area contributed by atoms with Gasteiger partial charge in [0.15, 0.2) is 0 Å². The first-order valence-corrected chi connectivity index (χ1v) is 2.51. The van der Waals surface area contributed by atoms with Gasteiger partial charge in [-0.15, -0.1) is 12.3 Å². The maximum atomic E-state index is 5.16. The lowest BCUT2D eigenvalue weighted by molar-refractivity contribution is 0.951. The van der Waals surface area contributed by atoms with E-state index in [2.05, 4.69) is 16.3 Å². The Morgan fingerprint density at radius 2 is 2.44 bits per heavy atom. The van der Waals surface area contributed by atoms with E-state index in [1.807, 2.05) is 0 Å². The topological polar surface area (TPSA) is 76.4 Å². The number of hydrogen-bond acceptors (Lipinski definition) is 2. The van der Waals surface area contributed by atoms with Gasteiger partial charge in [-0.2, -0.15) is 0 Å². The zero-order valence-electron chi connectivity index (χ0n) is 5.09. The summed E-state index contributed by atoms with van der Waals surface area (Å²) in [6.07, 6.45) is 5.53. The Balaban J connectivity index is 3.35. The monoisotopic (exact) mass is 126 g/mol. The summed E-state index contributed by atoms with van der Waals surface area (Å²) in [7, 11) is 0. The van der Waals surface area contributed by atoms with E-state index >= 15 is 0 Å². The molecule has 0 fully saturated rings. The Labute approximate surface area is 54.3 Å². The van der Waals surface area contributed by atoms with Gasteiger partial charge in [0, 0.05) is 6.42 Å². The van der Waals surface area contributed by atoms with Gasteiger partial charge in [-0.3, -0.25) is 10.4 Å². The summed E-state index contributed by atoms with van der Waals surface area (Å²) in [4.78, 5) is 3.75. The molecule has 0 aromatic rings. The van der Waals surface area contributed by atoms with E-state index in [0.717, 1.165) is 0 Å². The van der Waals surface area contributed by atoms with Crippen molar-refractivity contribution < 1.29 is 0 Å². The summed E-state index contributed by atoms with van der Waals surface area (Å²) < 4.78 is 0. The first-order valence-electron chi connectivity index (χ1n) is 2.51. The minimum Gasteiger partial charge on any atom is -0.369 e. The molecule has 5 N–H and O–H groups in total. The van der Waals surface area contributed by atoms with Crippen molar-refractivity contribution in [2.45, 2.75) is 6.42 Å². The lowest BCUT2D eigenvalue weighted by Crippen LogP contribution is -2.37. The molecule has 0 aromatic carbocycles. The normalized spacial score (nSPS) is 10.4. The van der Waals surface area contributed by atoms with Gasteiger partial charge in [0.2, 0.25) is 5.96 Å². The molecular formula is C5H10N4. The molecule has 0 atom stereocenters. The van der Waals surface area contributed by atoms with Crippen LogP contribution in [0.2, 0.25) is 0 Å². The maximum absolute atomic E-state index is 5.16. The van der Waals surface area contributed by atoms with E-state index in [9.17, 15) is 0 Å². The maximum Gasteiger partial charge on any atom is 0.203 e. The summed E-state index contributed by atoms with van der Waals surface area (Å²) >= 11 is 0. The highest BCUT2D eigenvalue weighted by Crippen LogP contribution is 1.74. The second-order valence-electron chi connectivity index (χ2n) is 1.37. The number of terminal acetylenes is 1. The van der Waals surface area contributed by atoms with Gasteiger partial charge < -0.3 is 5.73 Å². The number of aliphatic imine (C=N–C) groups is 1. The molecule has 0 unspecified atom stereocenters. The third kappa shape index (κ3) is 4.65. The molecule has 0 rings (SSSR count). The van der Waals surface area contributed by atoms with Crippen LogP contribution in [-0.4, -0.2) is 12.5 Å². The Morgan fingerprint density at radius 3 is 2.89 bits per heavy atom. The molecule has 0 spiro atoms. The van der Waals surface area contributed by atoms with E-state index in [0.29, 0.717) is 13.0 Å². The van der Waals surface area contributed by atoms with Crippen LogP contribution < -0.4 is 17.0 Å². The van der Waals surface area contributed by atoms with Crippen LogP contribution in [0.15, 0.2) is 4.99 Å². The minimum atomic E-state index is 0.213. The number of nitrogens with zero attached hydrogens (tertiary/aromatic N) is 1. The van der Waals surface area contributed by atoms with E-state index in [-0.39, 0.29) is 5.96 Å². The van der Waals surface area contributed by atoms with Crippen molar-refractivity contribution in [1.82, 2.24) is 5.43 Å². The van der Waals surface area contributed by atoms with Crippen LogP contribution in [0.4, 0.5) is 0 Å². The number of hydrogen-bond donors (Lipinski definition) is 3. The predicted octanol–water partition coefficient (Wildman–Crippen LogP) is -1.21. The molecule has 0 radical (unpaired) electrons. The van der Waals surface area contributed by atoms with Crippen molar-refractivity contribution >= 4 is 5.96 Å². The third-order valence-electron chi connectivity index (χ3n) is 0.686. The highest BCUT2D eigenvalue weighted by molar-refractivity contribution is 5.77. The van der Waals surface area contributed by atoms with Crippen LogP contribution in [0.1, 0.15) is 6.42 Å². The molecule has 0 saturated heterocycles. The van der Waals surface area contributed by atoms with Crippen molar-refractivity contribution in [3.8, 4) is 12.3 Å². The molecule has 0 bridgehead atoms. The van der Waals surface area contributed by atoms with Crippen molar-refractivity contribution in [1.29, 1.82) is 0 Å². The van der Waals surface area contributed by atoms with Crippen LogP contribution in [0.3, 0.4) is 0 Å². The smallest absolute Gasteiger partial charge is 0.203 e. The quantitative estimate of drug-likeness (QED) is 0.108. The Morgan fingerprint density at radius 1 is 1.78 bits per heavy atom. The molecule has 0 aliphatic carbocycles. The number of nitrogens with one attached hydrogen (secondary N) is 1. The molecule has 0 aliphatic rings. The number of guanidine groups is 1. The van der Waals surface area contributed by atoms with Crippen LogP contribution in [0, 0.1) is 12.3 Å². The zero-order valence-corrected chi connectivity index (χ0v) is 5.09. The van der Waals surface area contributed by atoms with Gasteiger partial charge >= 0.3 is 0 Å². The van der Waals surface area contributed by atoms with Crippen molar-refractivity contribution in [2.24, 2.45) is 16.6 Å². The summed E-state index contributed by atoms with van der Waals surface area (Å²) in [5.74, 6) is 7.53. The van der Waals surface area contributed by atoms with Gasteiger partial charge in [0.25, 0.3) is 0 Å². The summed E-state index contributed by atoms with van der Waals surface area (Å²) in [5.41, 5.74) is 7.34. The SMILES string of the molecule is C#CCCN=C(N)NN. The lowest BCUT2D eigenvalue weighted by atomic mass is 10.5. The molecule has 0 aliphatic heterocycles. The molecule has 0 aromatic heterocycles. The average Bonchev–Trinajstić information content (AvgIpc) is 1.89. The van der Waals surface area contributed by atoms with Gasteiger partial charge in [0.1, 0.15) is 0 Å². The average molecular weight is 126 g/mol. The van der Waals surface area contributed by atoms with Crippen molar-refractivity contribution in [2.75, 3.05) is 6.54 Å². The molecule has 0 saturated carbocycles. The minimum absolute atomic E-state index is 0.213. The Hall–Kier alpha value is -1.21. The molecule has 9 heavy (non-hydrogen) atoms. The van der Waals surface area contributed by atoms with Crippen LogP contribution in [-0.2, 0) is 0 Å². The van der Waals surface area contributed by atoms with Gasteiger partial charge in [0.05, 0.1) is 6.54 Å². The van der Waals surface area contributed by atoms with E-state index in [4.69, 9.17) is 18.0 Å². The summed E-state index contributed by atoms with van der Waals surface area (Å²) in [6, 6.07) is 0. The molecule has 50 valence electrons. The molecule has 0 heterocycles. The molecular weight excluding hydrogens is 116 g/mol. The fourth-order valence-electron chi connectivity index (χ4n) is 0.287. The van der Waals surface area contributed by atoms with Crippen LogP contribution >= 0.6 is 0 Å². The predicted molar refractivity (Wildman–Crippen MR) is 37.3 cm³/mol. The third-order valence-corrected chi connectivity index (χ3v) is 0.686. The van der Waals surface area contributed by atoms with Crippen LogP contribution in [0.5, 0.6) is 0 Å². The fraction of sp³-hybridized carbons (Fsp3) is 0.400. The summed E-state index contributed by atoms with van der Waals surface area (Å²) in [6.45, 7) is 0.520. The van der Waals surface area contributed by atoms with Crippen molar-refractivity contribution in [3.63, 3.8) is 0 Å². The fourth-order valence-corrected chi connectivity index (χ4v) is 0.287. The number of rotatable bonds is 2. The Kier molecular flexibility index (Phi) is 4.27. The van der Waals surface area contributed by atoms with Gasteiger partial charge in [-0.05, 0) is 0 Å². The number of hydrazine groups is 1. The zero-order chi connectivity index (χ0) is 7.11. The highest BCUT2D eigenvalue weighted by atomic mass is 15.3. The second kappa shape index (κ2) is 4.94. The standard InChI is InChI=1S/C5H10N4/c1-2-3-4-8-5(6)9-7/h1H,3-4,7H2,(H3,6,8,9). The second-order valence-corrected chi connectivity index (χ2v) is 1.37. The molecule has 4 heteroatoms. The number of nitrogens with two attached hydrogens (primary N) is 2. The Bertz CT molecular complexity index is 132. The first-order chi connectivity index (χ1) is 4.31. The van der Waals surface area contributed by atoms with Gasteiger partial charge in [-0.1, -0.05) is 0 Å². The molecule has 4 nitrogen and oxygen atoms in total. The van der Waals surface area contributed by atoms with E-state index < -0.39 is 0 Å². The van der Waals surface area contributed by atoms with Crippen LogP contribution in [0.25, 0.3) is 0 Å². The van der Waals surface area contributed by atoms with Gasteiger partial charge in [-0.25, -0.2) is 5.84 Å². The lowest BCUT2D eigenvalue weighted by Gasteiger charge is -1.94. The largest absolute Gasteiger partial charge is 0.369 e. The van der Waals surface area contributed by atoms with E-state index in [1.165, 1.54) is 0 Å². The summed E-state index contributed by atoms with van der Waals surface area (Å²) in [5, 5.41) is 0. The first kappa shape index (κ1) is 7.79. The van der Waals surface area contributed by atoms with Crippen molar-refractivity contribution in [3.05, 3.63) is 0 Å².